The van der Waals surface area contributed by atoms with E-state index in [1.807, 2.05) is 73.7 Å². The molecule has 0 spiro atoms. The van der Waals surface area contributed by atoms with Crippen molar-refractivity contribution >= 4 is 40.9 Å². The molecule has 0 aliphatic carbocycles. The molecular weight excluding hydrogens is 499 g/mol. The first-order valence-corrected chi connectivity index (χ1v) is 12.7. The third-order valence-electron chi connectivity index (χ3n) is 5.61. The molecule has 0 bridgehead atoms. The van der Waals surface area contributed by atoms with E-state index in [9.17, 15) is 10.1 Å². The second-order valence-corrected chi connectivity index (χ2v) is 9.77. The minimum atomic E-state index is -0.587. The van der Waals surface area contributed by atoms with Gasteiger partial charge in [-0.15, -0.1) is 11.8 Å². The molecule has 0 saturated carbocycles. The Morgan fingerprint density at radius 1 is 1.03 bits per heavy atom. The molecule has 4 nitrogen and oxygen atoms in total. The summed E-state index contributed by atoms with van der Waals surface area (Å²) in [5, 5.41) is 15.4. The van der Waals surface area contributed by atoms with Gasteiger partial charge in [-0.25, -0.2) is 4.79 Å². The minimum Gasteiger partial charge on any atom is -0.457 e. The van der Waals surface area contributed by atoms with E-state index in [0.717, 1.165) is 16.7 Å². The van der Waals surface area contributed by atoms with Crippen molar-refractivity contribution in [1.29, 1.82) is 5.26 Å². The van der Waals surface area contributed by atoms with E-state index >= 15 is 0 Å². The van der Waals surface area contributed by atoms with Crippen molar-refractivity contribution < 1.29 is 9.53 Å². The van der Waals surface area contributed by atoms with Crippen LogP contribution in [-0.4, -0.2) is 5.97 Å². The lowest BCUT2D eigenvalue weighted by atomic mass is 9.82. The van der Waals surface area contributed by atoms with Crippen LogP contribution < -0.4 is 5.32 Å². The van der Waals surface area contributed by atoms with Crippen LogP contribution in [0.4, 0.5) is 0 Å². The Labute approximate surface area is 219 Å². The second-order valence-electron chi connectivity index (χ2n) is 7.94. The van der Waals surface area contributed by atoms with Crippen LogP contribution in [0.25, 0.3) is 0 Å². The highest BCUT2D eigenvalue weighted by atomic mass is 35.5. The lowest BCUT2D eigenvalue weighted by Gasteiger charge is -2.29. The summed E-state index contributed by atoms with van der Waals surface area (Å²) in [7, 11) is 0. The van der Waals surface area contributed by atoms with Gasteiger partial charge in [0, 0.05) is 21.5 Å². The number of hydrogen-bond acceptors (Lipinski definition) is 5. The van der Waals surface area contributed by atoms with Gasteiger partial charge in [0.05, 0.1) is 28.2 Å². The van der Waals surface area contributed by atoms with Crippen LogP contribution in [0.5, 0.6) is 0 Å². The number of esters is 1. The van der Waals surface area contributed by atoms with Crippen molar-refractivity contribution in [2.75, 3.05) is 0 Å². The fourth-order valence-corrected chi connectivity index (χ4v) is 5.36. The van der Waals surface area contributed by atoms with Crippen LogP contribution in [0.15, 0.2) is 101 Å². The van der Waals surface area contributed by atoms with Crippen LogP contribution >= 0.6 is 35.0 Å². The number of carbonyl (C=O) groups excluding carboxylic acids is 1. The zero-order valence-electron chi connectivity index (χ0n) is 18.9. The van der Waals surface area contributed by atoms with Crippen molar-refractivity contribution in [2.45, 2.75) is 25.2 Å². The Balaban J connectivity index is 1.67. The van der Waals surface area contributed by atoms with E-state index in [2.05, 4.69) is 11.4 Å². The molecule has 3 aromatic carbocycles. The van der Waals surface area contributed by atoms with Gasteiger partial charge in [0.1, 0.15) is 6.61 Å². The van der Waals surface area contributed by atoms with Crippen LogP contribution in [0, 0.1) is 11.3 Å². The molecule has 0 aromatic heterocycles. The van der Waals surface area contributed by atoms with Gasteiger partial charge < -0.3 is 10.1 Å². The van der Waals surface area contributed by atoms with Crippen molar-refractivity contribution in [3.05, 3.63) is 127 Å². The van der Waals surface area contributed by atoms with E-state index in [0.29, 0.717) is 37.7 Å². The van der Waals surface area contributed by atoms with Gasteiger partial charge in [-0.1, -0.05) is 83.9 Å². The highest BCUT2D eigenvalue weighted by Crippen LogP contribution is 2.42. The number of benzene rings is 3. The highest BCUT2D eigenvalue weighted by Gasteiger charge is 2.35. The molecular formula is C28H22Cl2N2O2S. The van der Waals surface area contributed by atoms with Crippen LogP contribution in [0.2, 0.25) is 10.0 Å². The molecule has 1 aliphatic heterocycles. The van der Waals surface area contributed by atoms with Crippen molar-refractivity contribution in [3.63, 3.8) is 0 Å². The molecule has 1 N–H and O–H groups in total. The van der Waals surface area contributed by atoms with Crippen LogP contribution in [0.3, 0.4) is 0 Å². The number of dihydropyridines is 1. The lowest BCUT2D eigenvalue weighted by molar-refractivity contribution is -0.140. The maximum Gasteiger partial charge on any atom is 0.337 e. The zero-order valence-corrected chi connectivity index (χ0v) is 21.3. The quantitative estimate of drug-likeness (QED) is 0.329. The standard InChI is InChI=1S/C28H22Cl2N2O2S/c1-18-25(28(33)34-16-19-7-3-2-4-8-19)26(20-11-13-22(29)14-12-20)23(15-31)27(32-18)35-17-21-9-5-6-10-24(21)30/h2-14,26,32H,16-17H2,1H3. The molecule has 0 fully saturated rings. The number of rotatable bonds is 7. The van der Waals surface area contributed by atoms with Crippen LogP contribution in [-0.2, 0) is 21.9 Å². The summed E-state index contributed by atoms with van der Waals surface area (Å²) in [4.78, 5) is 13.3. The number of nitrogens with one attached hydrogen (secondary N) is 1. The fourth-order valence-electron chi connectivity index (χ4n) is 3.85. The van der Waals surface area contributed by atoms with E-state index in [4.69, 9.17) is 27.9 Å². The smallest absolute Gasteiger partial charge is 0.337 e. The van der Waals surface area contributed by atoms with Gasteiger partial charge in [0.15, 0.2) is 0 Å². The molecule has 7 heteroatoms. The maximum atomic E-state index is 13.3. The van der Waals surface area contributed by atoms with Crippen molar-refractivity contribution in [3.8, 4) is 6.07 Å². The number of nitriles is 1. The van der Waals surface area contributed by atoms with Gasteiger partial charge in [-0.3, -0.25) is 0 Å². The zero-order chi connectivity index (χ0) is 24.8. The van der Waals surface area contributed by atoms with E-state index < -0.39 is 11.9 Å². The lowest BCUT2D eigenvalue weighted by Crippen LogP contribution is -2.28. The molecule has 0 radical (unpaired) electrons. The Morgan fingerprint density at radius 2 is 1.71 bits per heavy atom. The summed E-state index contributed by atoms with van der Waals surface area (Å²) < 4.78 is 5.67. The number of ether oxygens (including phenoxy) is 1. The van der Waals surface area contributed by atoms with E-state index in [-0.39, 0.29) is 6.61 Å². The predicted molar refractivity (Wildman–Crippen MR) is 142 cm³/mol. The maximum absolute atomic E-state index is 13.3. The molecule has 0 saturated heterocycles. The number of allylic oxidation sites excluding steroid dienone is 2. The molecule has 1 atom stereocenters. The summed E-state index contributed by atoms with van der Waals surface area (Å²) in [5.74, 6) is -0.487. The summed E-state index contributed by atoms with van der Waals surface area (Å²) in [5.41, 5.74) is 4.13. The van der Waals surface area contributed by atoms with Gasteiger partial charge in [-0.2, -0.15) is 5.26 Å². The Kier molecular flexibility index (Phi) is 8.20. The van der Waals surface area contributed by atoms with Crippen molar-refractivity contribution in [1.82, 2.24) is 5.32 Å². The number of hydrogen-bond donors (Lipinski definition) is 1. The van der Waals surface area contributed by atoms with E-state index in [1.54, 1.807) is 12.1 Å². The predicted octanol–water partition coefficient (Wildman–Crippen LogP) is 7.37. The normalized spacial score (nSPS) is 15.4. The first-order chi connectivity index (χ1) is 17.0. The van der Waals surface area contributed by atoms with Crippen LogP contribution in [0.1, 0.15) is 29.5 Å². The molecule has 1 heterocycles. The Hall–Kier alpha value is -3.17. The largest absolute Gasteiger partial charge is 0.457 e. The van der Waals surface area contributed by atoms with Gasteiger partial charge >= 0.3 is 5.97 Å². The molecule has 35 heavy (non-hydrogen) atoms. The molecule has 1 unspecified atom stereocenters. The third-order valence-corrected chi connectivity index (χ3v) is 7.30. The number of halogens is 2. The first-order valence-electron chi connectivity index (χ1n) is 10.9. The number of nitrogens with zero attached hydrogens (tertiary/aromatic N) is 1. The average Bonchev–Trinajstić information content (AvgIpc) is 2.87. The molecule has 3 aromatic rings. The molecule has 176 valence electrons. The van der Waals surface area contributed by atoms with Crippen molar-refractivity contribution in [2.24, 2.45) is 0 Å². The molecule has 4 rings (SSSR count). The molecule has 0 amide bonds. The average molecular weight is 521 g/mol. The topological polar surface area (TPSA) is 62.1 Å². The summed E-state index contributed by atoms with van der Waals surface area (Å²) in [6, 6.07) is 26.6. The highest BCUT2D eigenvalue weighted by molar-refractivity contribution is 8.02. The van der Waals surface area contributed by atoms with E-state index in [1.165, 1.54) is 11.8 Å². The number of carbonyl (C=O) groups is 1. The van der Waals surface area contributed by atoms with Gasteiger partial charge in [0.2, 0.25) is 0 Å². The Bertz CT molecular complexity index is 1330. The monoisotopic (exact) mass is 520 g/mol. The molecule has 1 aliphatic rings. The first kappa shape index (κ1) is 24.9. The number of thioether (sulfide) groups is 1. The third kappa shape index (κ3) is 5.91. The van der Waals surface area contributed by atoms with Gasteiger partial charge in [-0.05, 0) is 41.8 Å². The SMILES string of the molecule is CC1=C(C(=O)OCc2ccccc2)C(c2ccc(Cl)cc2)C(C#N)=C(SCc2ccccc2Cl)N1. The second kappa shape index (κ2) is 11.5. The Morgan fingerprint density at radius 3 is 2.40 bits per heavy atom. The summed E-state index contributed by atoms with van der Waals surface area (Å²) >= 11 is 13.9. The summed E-state index contributed by atoms with van der Waals surface area (Å²) in [6.07, 6.45) is 0. The minimum absolute atomic E-state index is 0.142. The summed E-state index contributed by atoms with van der Waals surface area (Å²) in [6.45, 7) is 1.97. The van der Waals surface area contributed by atoms with Gasteiger partial charge in [0.25, 0.3) is 0 Å². The fraction of sp³-hybridized carbons (Fsp3) is 0.143.